The summed E-state index contributed by atoms with van der Waals surface area (Å²) in [6.45, 7) is 6.08. The van der Waals surface area contributed by atoms with Gasteiger partial charge in [0.25, 0.3) is 0 Å². The Hall–Kier alpha value is -1.50. The van der Waals surface area contributed by atoms with Gasteiger partial charge in [0.2, 0.25) is 0 Å². The Bertz CT molecular complexity index is 467. The maximum absolute atomic E-state index is 8.67. The van der Waals surface area contributed by atoms with Crippen LogP contribution < -0.4 is 4.74 Å². The van der Waals surface area contributed by atoms with E-state index >= 15 is 0 Å². The van der Waals surface area contributed by atoms with Crippen molar-refractivity contribution in [1.82, 2.24) is 4.90 Å². The molecule has 1 aliphatic heterocycles. The fraction of sp³-hybridized carbons (Fsp3) is 0.500. The van der Waals surface area contributed by atoms with Gasteiger partial charge in [-0.1, -0.05) is 11.8 Å². The molecular formula is C16H21NO2. The monoisotopic (exact) mass is 259 g/mol. The van der Waals surface area contributed by atoms with Crippen molar-refractivity contribution in [2.75, 3.05) is 32.8 Å². The molecule has 1 aliphatic rings. The minimum atomic E-state index is -0.104. The van der Waals surface area contributed by atoms with Gasteiger partial charge in [-0.3, -0.25) is 4.90 Å². The zero-order valence-electron chi connectivity index (χ0n) is 11.5. The van der Waals surface area contributed by atoms with Crippen LogP contribution in [0.3, 0.4) is 0 Å². The molecular weight excluding hydrogens is 238 g/mol. The van der Waals surface area contributed by atoms with Gasteiger partial charge < -0.3 is 9.84 Å². The molecule has 0 saturated carbocycles. The summed E-state index contributed by atoms with van der Waals surface area (Å²) in [6.07, 6.45) is 2.63. The first-order valence-electron chi connectivity index (χ1n) is 6.85. The van der Waals surface area contributed by atoms with Crippen LogP contribution in [-0.2, 0) is 0 Å². The number of ether oxygens (including phenoxy) is 1. The molecule has 0 atom stereocenters. The SMILES string of the molecule is Cc1cc(C#CCO)ccc1OCCN1CCCC1. The van der Waals surface area contributed by atoms with Crippen molar-refractivity contribution in [3.8, 4) is 17.6 Å². The van der Waals surface area contributed by atoms with Gasteiger partial charge in [-0.15, -0.1) is 0 Å². The molecule has 19 heavy (non-hydrogen) atoms. The van der Waals surface area contributed by atoms with Crippen molar-refractivity contribution >= 4 is 0 Å². The Morgan fingerprint density at radius 1 is 1.32 bits per heavy atom. The number of rotatable bonds is 4. The van der Waals surface area contributed by atoms with E-state index in [-0.39, 0.29) is 6.61 Å². The molecule has 2 rings (SSSR count). The van der Waals surface area contributed by atoms with E-state index in [4.69, 9.17) is 9.84 Å². The third-order valence-electron chi connectivity index (χ3n) is 3.35. The summed E-state index contributed by atoms with van der Waals surface area (Å²) in [6, 6.07) is 5.88. The molecule has 1 aromatic carbocycles. The molecule has 0 spiro atoms. The predicted octanol–water partition coefficient (Wildman–Crippen LogP) is 1.81. The lowest BCUT2D eigenvalue weighted by Gasteiger charge is -2.15. The van der Waals surface area contributed by atoms with Crippen LogP contribution in [-0.4, -0.2) is 42.9 Å². The predicted molar refractivity (Wildman–Crippen MR) is 76.3 cm³/mol. The molecule has 0 bridgehead atoms. The first-order valence-corrected chi connectivity index (χ1v) is 6.85. The molecule has 0 aliphatic carbocycles. The number of nitrogens with zero attached hydrogens (tertiary/aromatic N) is 1. The van der Waals surface area contributed by atoms with E-state index in [0.717, 1.165) is 30.0 Å². The summed E-state index contributed by atoms with van der Waals surface area (Å²) in [5.74, 6) is 6.47. The molecule has 1 heterocycles. The fourth-order valence-electron chi connectivity index (χ4n) is 2.32. The molecule has 1 fully saturated rings. The van der Waals surface area contributed by atoms with Gasteiger partial charge in [0, 0.05) is 12.1 Å². The standard InChI is InChI=1S/C16H21NO2/c1-14-13-15(5-4-11-18)6-7-16(14)19-12-10-17-8-2-3-9-17/h6-7,13,18H,2-3,8-12H2,1H3. The molecule has 0 radical (unpaired) electrons. The first kappa shape index (κ1) is 13.9. The van der Waals surface area contributed by atoms with E-state index in [1.54, 1.807) is 0 Å². The average Bonchev–Trinajstić information content (AvgIpc) is 2.92. The fourth-order valence-corrected chi connectivity index (χ4v) is 2.32. The van der Waals surface area contributed by atoms with Gasteiger partial charge in [-0.05, 0) is 56.6 Å². The van der Waals surface area contributed by atoms with Crippen LogP contribution in [0, 0.1) is 18.8 Å². The summed E-state index contributed by atoms with van der Waals surface area (Å²) in [5.41, 5.74) is 2.00. The maximum Gasteiger partial charge on any atom is 0.122 e. The number of hydrogen-bond acceptors (Lipinski definition) is 3. The van der Waals surface area contributed by atoms with Crippen molar-refractivity contribution in [3.05, 3.63) is 29.3 Å². The maximum atomic E-state index is 8.67. The Morgan fingerprint density at radius 2 is 2.11 bits per heavy atom. The number of benzene rings is 1. The largest absolute Gasteiger partial charge is 0.492 e. The van der Waals surface area contributed by atoms with E-state index < -0.39 is 0 Å². The average molecular weight is 259 g/mol. The Morgan fingerprint density at radius 3 is 2.79 bits per heavy atom. The number of aliphatic hydroxyl groups excluding tert-OH is 1. The van der Waals surface area contributed by atoms with E-state index in [1.807, 2.05) is 25.1 Å². The van der Waals surface area contributed by atoms with Crippen molar-refractivity contribution in [2.24, 2.45) is 0 Å². The van der Waals surface area contributed by atoms with Gasteiger partial charge in [0.1, 0.15) is 19.0 Å². The summed E-state index contributed by atoms with van der Waals surface area (Å²) in [4.78, 5) is 2.44. The second kappa shape index (κ2) is 7.18. The zero-order valence-corrected chi connectivity index (χ0v) is 11.5. The van der Waals surface area contributed by atoms with Crippen LogP contribution in [0.4, 0.5) is 0 Å². The number of aryl methyl sites for hydroxylation is 1. The third-order valence-corrected chi connectivity index (χ3v) is 3.35. The van der Waals surface area contributed by atoms with E-state index in [0.29, 0.717) is 0 Å². The lowest BCUT2D eigenvalue weighted by Crippen LogP contribution is -2.25. The summed E-state index contributed by atoms with van der Waals surface area (Å²) >= 11 is 0. The highest BCUT2D eigenvalue weighted by molar-refractivity contribution is 5.43. The quantitative estimate of drug-likeness (QED) is 0.837. The van der Waals surface area contributed by atoms with E-state index in [1.165, 1.54) is 25.9 Å². The summed E-state index contributed by atoms with van der Waals surface area (Å²) in [5, 5.41) is 8.67. The minimum absolute atomic E-state index is 0.104. The second-order valence-electron chi connectivity index (χ2n) is 4.84. The van der Waals surface area contributed by atoms with Crippen molar-refractivity contribution in [1.29, 1.82) is 0 Å². The van der Waals surface area contributed by atoms with Crippen LogP contribution in [0.2, 0.25) is 0 Å². The van der Waals surface area contributed by atoms with Gasteiger partial charge in [-0.25, -0.2) is 0 Å². The molecule has 1 saturated heterocycles. The van der Waals surface area contributed by atoms with Gasteiger partial charge >= 0.3 is 0 Å². The van der Waals surface area contributed by atoms with Crippen molar-refractivity contribution < 1.29 is 9.84 Å². The molecule has 0 unspecified atom stereocenters. The van der Waals surface area contributed by atoms with Gasteiger partial charge in [0.15, 0.2) is 0 Å². The Labute approximate surface area is 115 Å². The minimum Gasteiger partial charge on any atom is -0.492 e. The van der Waals surface area contributed by atoms with Crippen LogP contribution >= 0.6 is 0 Å². The van der Waals surface area contributed by atoms with Crippen molar-refractivity contribution in [3.63, 3.8) is 0 Å². The smallest absolute Gasteiger partial charge is 0.122 e. The number of aliphatic hydroxyl groups is 1. The molecule has 1 aromatic rings. The molecule has 0 aromatic heterocycles. The number of hydrogen-bond donors (Lipinski definition) is 1. The summed E-state index contributed by atoms with van der Waals surface area (Å²) in [7, 11) is 0. The van der Waals surface area contributed by atoms with Gasteiger partial charge in [-0.2, -0.15) is 0 Å². The topological polar surface area (TPSA) is 32.7 Å². The van der Waals surface area contributed by atoms with Crippen LogP contribution in [0.25, 0.3) is 0 Å². The second-order valence-corrected chi connectivity index (χ2v) is 4.84. The van der Waals surface area contributed by atoms with Gasteiger partial charge in [0.05, 0.1) is 0 Å². The molecule has 1 N–H and O–H groups in total. The molecule has 0 amide bonds. The van der Waals surface area contributed by atoms with Crippen LogP contribution in [0.15, 0.2) is 18.2 Å². The first-order chi connectivity index (χ1) is 9.29. The lowest BCUT2D eigenvalue weighted by molar-refractivity contribution is 0.237. The highest BCUT2D eigenvalue weighted by atomic mass is 16.5. The zero-order chi connectivity index (χ0) is 13.5. The van der Waals surface area contributed by atoms with Crippen LogP contribution in [0.1, 0.15) is 24.0 Å². The Kier molecular flexibility index (Phi) is 5.26. The van der Waals surface area contributed by atoms with Crippen molar-refractivity contribution in [2.45, 2.75) is 19.8 Å². The number of likely N-dealkylation sites (tertiary alicyclic amines) is 1. The lowest BCUT2D eigenvalue weighted by atomic mass is 10.1. The van der Waals surface area contributed by atoms with E-state index in [9.17, 15) is 0 Å². The highest BCUT2D eigenvalue weighted by Crippen LogP contribution is 2.19. The molecule has 3 nitrogen and oxygen atoms in total. The van der Waals surface area contributed by atoms with Crippen LogP contribution in [0.5, 0.6) is 5.75 Å². The van der Waals surface area contributed by atoms with E-state index in [2.05, 4.69) is 16.7 Å². The highest BCUT2D eigenvalue weighted by Gasteiger charge is 2.11. The molecule has 102 valence electrons. The Balaban J connectivity index is 1.86. The normalized spacial score (nSPS) is 15.1. The molecule has 3 heteroatoms. The summed E-state index contributed by atoms with van der Waals surface area (Å²) < 4.78 is 5.82. The third kappa shape index (κ3) is 4.27.